The van der Waals surface area contributed by atoms with Crippen LogP contribution in [-0.4, -0.2) is 35.5 Å². The van der Waals surface area contributed by atoms with E-state index in [0.717, 1.165) is 50.1 Å². The Hall–Kier alpha value is -2.36. The third-order valence-electron chi connectivity index (χ3n) is 5.26. The highest BCUT2D eigenvalue weighted by atomic mass is 16.5. The molecule has 4 heteroatoms. The number of hydrogen-bond acceptors (Lipinski definition) is 3. The second-order valence-electron chi connectivity index (χ2n) is 6.97. The fourth-order valence-electron chi connectivity index (χ4n) is 3.68. The Balaban J connectivity index is 1.44. The van der Waals surface area contributed by atoms with Gasteiger partial charge in [0.1, 0.15) is 5.75 Å². The Kier molecular flexibility index (Phi) is 6.64. The molecule has 3 rings (SSSR count). The maximum absolute atomic E-state index is 12.9. The van der Waals surface area contributed by atoms with Crippen molar-refractivity contribution in [2.24, 2.45) is 5.92 Å². The summed E-state index contributed by atoms with van der Waals surface area (Å²) < 4.78 is 5.75. The maximum atomic E-state index is 12.9. The molecule has 2 aromatic rings. The molecule has 0 bridgehead atoms. The molecular weight excluding hydrogens is 324 g/mol. The summed E-state index contributed by atoms with van der Waals surface area (Å²) in [5.41, 5.74) is 1.13. The number of aromatic nitrogens is 1. The van der Waals surface area contributed by atoms with Crippen molar-refractivity contribution in [3.63, 3.8) is 0 Å². The van der Waals surface area contributed by atoms with Crippen LogP contribution in [0.3, 0.4) is 0 Å². The van der Waals surface area contributed by atoms with Crippen LogP contribution in [0.5, 0.6) is 5.75 Å². The van der Waals surface area contributed by atoms with Gasteiger partial charge in [0.2, 0.25) is 5.91 Å². The zero-order valence-corrected chi connectivity index (χ0v) is 15.5. The average molecular weight is 352 g/mol. The largest absolute Gasteiger partial charge is 0.492 e. The number of carbonyl (C=O) groups is 1. The summed E-state index contributed by atoms with van der Waals surface area (Å²) >= 11 is 0. The van der Waals surface area contributed by atoms with Crippen LogP contribution in [0.2, 0.25) is 0 Å². The first-order valence-electron chi connectivity index (χ1n) is 9.64. The number of nitrogens with zero attached hydrogens (tertiary/aromatic N) is 2. The zero-order chi connectivity index (χ0) is 18.2. The lowest BCUT2D eigenvalue weighted by Gasteiger charge is -2.34. The summed E-state index contributed by atoms with van der Waals surface area (Å²) in [6, 6.07) is 14.0. The van der Waals surface area contributed by atoms with Crippen LogP contribution in [0.4, 0.5) is 0 Å². The summed E-state index contributed by atoms with van der Waals surface area (Å²) in [5, 5.41) is 0. The van der Waals surface area contributed by atoms with Crippen LogP contribution in [0.1, 0.15) is 44.1 Å². The van der Waals surface area contributed by atoms with Gasteiger partial charge in [0.25, 0.3) is 0 Å². The molecule has 1 fully saturated rings. The molecule has 1 saturated heterocycles. The molecule has 0 saturated carbocycles. The van der Waals surface area contributed by atoms with Crippen LogP contribution in [0.15, 0.2) is 54.9 Å². The van der Waals surface area contributed by atoms with Gasteiger partial charge in [0.05, 0.1) is 18.7 Å². The molecule has 4 nitrogen and oxygen atoms in total. The normalized spacial score (nSPS) is 16.3. The minimum atomic E-state index is -0.0123. The van der Waals surface area contributed by atoms with Crippen LogP contribution in [0, 0.1) is 5.92 Å². The van der Waals surface area contributed by atoms with E-state index in [4.69, 9.17) is 4.74 Å². The summed E-state index contributed by atoms with van der Waals surface area (Å²) in [6.07, 6.45) is 7.50. The smallest absolute Gasteiger partial charge is 0.230 e. The number of carbonyl (C=O) groups excluding carboxylic acids is 1. The molecule has 0 radical (unpaired) electrons. The highest BCUT2D eigenvalue weighted by Crippen LogP contribution is 2.26. The average Bonchev–Trinajstić information content (AvgIpc) is 2.71. The predicted molar refractivity (Wildman–Crippen MR) is 103 cm³/mol. The van der Waals surface area contributed by atoms with E-state index < -0.39 is 0 Å². The van der Waals surface area contributed by atoms with Crippen molar-refractivity contribution < 1.29 is 9.53 Å². The highest BCUT2D eigenvalue weighted by Gasteiger charge is 2.28. The van der Waals surface area contributed by atoms with Crippen molar-refractivity contribution in [3.05, 3.63) is 60.4 Å². The number of piperidine rings is 1. The van der Waals surface area contributed by atoms with Gasteiger partial charge >= 0.3 is 0 Å². The molecule has 2 heterocycles. The number of likely N-dealkylation sites (tertiary alicyclic amines) is 1. The van der Waals surface area contributed by atoms with E-state index in [0.29, 0.717) is 12.5 Å². The fraction of sp³-hybridized carbons (Fsp3) is 0.455. The molecule has 1 aromatic heterocycles. The summed E-state index contributed by atoms with van der Waals surface area (Å²) in [4.78, 5) is 19.0. The van der Waals surface area contributed by atoms with Gasteiger partial charge in [-0.3, -0.25) is 9.78 Å². The van der Waals surface area contributed by atoms with Crippen LogP contribution in [0.25, 0.3) is 0 Å². The predicted octanol–water partition coefficient (Wildman–Crippen LogP) is 4.28. The van der Waals surface area contributed by atoms with Crippen LogP contribution < -0.4 is 4.74 Å². The van der Waals surface area contributed by atoms with E-state index in [1.165, 1.54) is 0 Å². The third kappa shape index (κ3) is 4.84. The number of ether oxygens (including phenoxy) is 1. The zero-order valence-electron chi connectivity index (χ0n) is 15.5. The van der Waals surface area contributed by atoms with Gasteiger partial charge in [0.15, 0.2) is 0 Å². The lowest BCUT2D eigenvalue weighted by atomic mass is 9.90. The SMILES string of the molecule is CC[C@H](C(=O)N1CCC(CCOc2cccnc2)CC1)c1ccccc1. The standard InChI is InChI=1S/C22H28N2O2/c1-2-21(19-7-4-3-5-8-19)22(25)24-14-10-18(11-15-24)12-16-26-20-9-6-13-23-17-20/h3-9,13,17-18,21H,2,10-12,14-16H2,1H3/t21-/m0/s1. The quantitative estimate of drug-likeness (QED) is 0.747. The molecule has 1 aliphatic heterocycles. The van der Waals surface area contributed by atoms with Gasteiger partial charge in [-0.05, 0) is 49.3 Å². The number of amides is 1. The van der Waals surface area contributed by atoms with E-state index in [1.54, 1.807) is 12.4 Å². The molecule has 1 atom stereocenters. The highest BCUT2D eigenvalue weighted by molar-refractivity contribution is 5.83. The summed E-state index contributed by atoms with van der Waals surface area (Å²) in [7, 11) is 0. The summed E-state index contributed by atoms with van der Waals surface area (Å²) in [6.45, 7) is 4.53. The molecule has 0 N–H and O–H groups in total. The minimum absolute atomic E-state index is 0.0123. The lowest BCUT2D eigenvalue weighted by molar-refractivity contribution is -0.134. The van der Waals surface area contributed by atoms with Crippen LogP contribution >= 0.6 is 0 Å². The first-order valence-corrected chi connectivity index (χ1v) is 9.64. The maximum Gasteiger partial charge on any atom is 0.230 e. The van der Waals surface area contributed by atoms with Crippen molar-refractivity contribution >= 4 is 5.91 Å². The Morgan fingerprint density at radius 1 is 1.19 bits per heavy atom. The minimum Gasteiger partial charge on any atom is -0.492 e. The Bertz CT molecular complexity index is 667. The monoisotopic (exact) mass is 352 g/mol. The number of benzene rings is 1. The first-order chi connectivity index (χ1) is 12.8. The third-order valence-corrected chi connectivity index (χ3v) is 5.26. The van der Waals surface area contributed by atoms with Crippen molar-refractivity contribution in [1.29, 1.82) is 0 Å². The molecule has 0 unspecified atom stereocenters. The van der Waals surface area contributed by atoms with Crippen molar-refractivity contribution in [2.75, 3.05) is 19.7 Å². The number of hydrogen-bond donors (Lipinski definition) is 0. The lowest BCUT2D eigenvalue weighted by Crippen LogP contribution is -2.41. The Morgan fingerprint density at radius 3 is 2.62 bits per heavy atom. The van der Waals surface area contributed by atoms with Crippen molar-refractivity contribution in [2.45, 2.75) is 38.5 Å². The van der Waals surface area contributed by atoms with Crippen molar-refractivity contribution in [1.82, 2.24) is 9.88 Å². The van der Waals surface area contributed by atoms with Gasteiger partial charge in [-0.25, -0.2) is 0 Å². The fourth-order valence-corrected chi connectivity index (χ4v) is 3.68. The first kappa shape index (κ1) is 18.4. The van der Waals surface area contributed by atoms with Gasteiger partial charge in [0, 0.05) is 19.3 Å². The van der Waals surface area contributed by atoms with E-state index in [2.05, 4.69) is 28.9 Å². The molecule has 0 spiro atoms. The molecule has 1 aromatic carbocycles. The van der Waals surface area contributed by atoms with Gasteiger partial charge in [-0.1, -0.05) is 37.3 Å². The molecule has 1 amide bonds. The van der Waals surface area contributed by atoms with Gasteiger partial charge < -0.3 is 9.64 Å². The molecular formula is C22H28N2O2. The Labute approximate surface area is 156 Å². The van der Waals surface area contributed by atoms with E-state index in [9.17, 15) is 4.79 Å². The van der Waals surface area contributed by atoms with Gasteiger partial charge in [-0.15, -0.1) is 0 Å². The van der Waals surface area contributed by atoms with E-state index in [-0.39, 0.29) is 11.8 Å². The van der Waals surface area contributed by atoms with Gasteiger partial charge in [-0.2, -0.15) is 0 Å². The molecule has 1 aliphatic rings. The Morgan fingerprint density at radius 2 is 1.96 bits per heavy atom. The topological polar surface area (TPSA) is 42.4 Å². The second kappa shape index (κ2) is 9.37. The molecule has 0 aliphatic carbocycles. The van der Waals surface area contributed by atoms with E-state index in [1.807, 2.05) is 30.3 Å². The van der Waals surface area contributed by atoms with E-state index >= 15 is 0 Å². The second-order valence-corrected chi connectivity index (χ2v) is 6.97. The summed E-state index contributed by atoms with van der Waals surface area (Å²) in [5.74, 6) is 1.73. The van der Waals surface area contributed by atoms with Crippen molar-refractivity contribution in [3.8, 4) is 5.75 Å². The van der Waals surface area contributed by atoms with Crippen LogP contribution in [-0.2, 0) is 4.79 Å². The molecule has 138 valence electrons. The molecule has 26 heavy (non-hydrogen) atoms. The number of rotatable bonds is 7. The number of pyridine rings is 1.